The van der Waals surface area contributed by atoms with Gasteiger partial charge in [0, 0.05) is 10.8 Å². The molecule has 1 aromatic rings. The summed E-state index contributed by atoms with van der Waals surface area (Å²) in [6.07, 6.45) is 0. The van der Waals surface area contributed by atoms with Crippen LogP contribution in [0.25, 0.3) is 0 Å². The Kier molecular flexibility index (Phi) is 4.78. The van der Waals surface area contributed by atoms with Gasteiger partial charge in [-0.25, -0.2) is 0 Å². The van der Waals surface area contributed by atoms with Gasteiger partial charge in [0.25, 0.3) is 0 Å². The summed E-state index contributed by atoms with van der Waals surface area (Å²) in [5.41, 5.74) is 6.63. The summed E-state index contributed by atoms with van der Waals surface area (Å²) in [4.78, 5) is 0. The highest BCUT2D eigenvalue weighted by Gasteiger charge is 2.07. The van der Waals surface area contributed by atoms with Crippen LogP contribution in [0.5, 0.6) is 0 Å². The Morgan fingerprint density at radius 3 is 2.67 bits per heavy atom. The fourth-order valence-electron chi connectivity index (χ4n) is 0.969. The second-order valence-electron chi connectivity index (χ2n) is 3.10. The van der Waals surface area contributed by atoms with E-state index in [1.807, 2.05) is 31.2 Å². The van der Waals surface area contributed by atoms with E-state index in [9.17, 15) is 0 Å². The molecule has 82 valence electrons. The van der Waals surface area contributed by atoms with Gasteiger partial charge in [0.1, 0.15) is 0 Å². The maximum atomic E-state index is 8.47. The van der Waals surface area contributed by atoms with Crippen molar-refractivity contribution in [1.29, 1.82) is 0 Å². The van der Waals surface area contributed by atoms with Crippen LogP contribution in [0.15, 0.2) is 29.4 Å². The lowest BCUT2D eigenvalue weighted by molar-refractivity contribution is 0.317. The van der Waals surface area contributed by atoms with Gasteiger partial charge in [0.2, 0.25) is 0 Å². The first-order valence-corrected chi connectivity index (χ1v) is 5.89. The van der Waals surface area contributed by atoms with Crippen LogP contribution in [0.3, 0.4) is 0 Å². The smallest absolute Gasteiger partial charge is 0.152 e. The lowest BCUT2D eigenvalue weighted by atomic mass is 10.2. The van der Waals surface area contributed by atoms with Gasteiger partial charge in [-0.05, 0) is 24.6 Å². The second-order valence-corrected chi connectivity index (χ2v) is 4.87. The second kappa shape index (κ2) is 5.88. The summed E-state index contributed by atoms with van der Waals surface area (Å²) in [6, 6.07) is 7.64. The first kappa shape index (κ1) is 12.2. The lowest BCUT2D eigenvalue weighted by Crippen LogP contribution is -2.23. The van der Waals surface area contributed by atoms with Gasteiger partial charge >= 0.3 is 0 Å². The molecule has 0 aromatic heterocycles. The minimum absolute atomic E-state index is 0.00526. The van der Waals surface area contributed by atoms with Crippen molar-refractivity contribution in [2.45, 2.75) is 17.9 Å². The van der Waals surface area contributed by atoms with E-state index in [2.05, 4.69) is 5.16 Å². The van der Waals surface area contributed by atoms with E-state index in [0.29, 0.717) is 0 Å². The fourth-order valence-corrected chi connectivity index (χ4v) is 1.95. The Bertz CT molecular complexity index is 340. The third-order valence-corrected chi connectivity index (χ3v) is 3.44. The normalized spacial score (nSPS) is 13.9. The zero-order valence-electron chi connectivity index (χ0n) is 8.35. The molecule has 0 radical (unpaired) electrons. The molecule has 3 N–H and O–H groups in total. The summed E-state index contributed by atoms with van der Waals surface area (Å²) in [5, 5.41) is 12.2. The number of halogens is 1. The lowest BCUT2D eigenvalue weighted by Gasteiger charge is -2.08. The van der Waals surface area contributed by atoms with Crippen molar-refractivity contribution < 1.29 is 5.21 Å². The summed E-state index contributed by atoms with van der Waals surface area (Å²) in [6.45, 7) is 1.90. The molecular formula is C10H13ClN2OS. The van der Waals surface area contributed by atoms with Crippen LogP contribution in [0.1, 0.15) is 12.5 Å². The summed E-state index contributed by atoms with van der Waals surface area (Å²) >= 11 is 7.38. The Morgan fingerprint density at radius 2 is 2.13 bits per heavy atom. The molecule has 0 saturated heterocycles. The van der Waals surface area contributed by atoms with Crippen molar-refractivity contribution in [2.24, 2.45) is 10.9 Å². The van der Waals surface area contributed by atoms with Crippen LogP contribution < -0.4 is 5.73 Å². The van der Waals surface area contributed by atoms with Crippen molar-refractivity contribution in [3.8, 4) is 0 Å². The zero-order valence-corrected chi connectivity index (χ0v) is 9.92. The molecule has 5 heteroatoms. The summed E-state index contributed by atoms with van der Waals surface area (Å²) < 4.78 is 0. The molecule has 1 atom stereocenters. The molecule has 0 heterocycles. The van der Waals surface area contributed by atoms with Crippen molar-refractivity contribution in [3.05, 3.63) is 34.9 Å². The molecule has 1 aromatic carbocycles. The highest BCUT2D eigenvalue weighted by Crippen LogP contribution is 2.19. The highest BCUT2D eigenvalue weighted by atomic mass is 35.5. The van der Waals surface area contributed by atoms with Gasteiger partial charge in [0.15, 0.2) is 5.84 Å². The first-order chi connectivity index (χ1) is 7.13. The minimum atomic E-state index is 0.00526. The molecule has 0 amide bonds. The quantitative estimate of drug-likeness (QED) is 0.371. The van der Waals surface area contributed by atoms with Crippen molar-refractivity contribution in [2.75, 3.05) is 0 Å². The predicted octanol–water partition coefficient (Wildman–Crippen LogP) is 2.71. The molecule has 0 saturated carbocycles. The summed E-state index contributed by atoms with van der Waals surface area (Å²) in [7, 11) is 0. The van der Waals surface area contributed by atoms with E-state index in [1.54, 1.807) is 11.8 Å². The topological polar surface area (TPSA) is 58.6 Å². The van der Waals surface area contributed by atoms with Gasteiger partial charge in [-0.1, -0.05) is 28.9 Å². The van der Waals surface area contributed by atoms with Gasteiger partial charge in [-0.2, -0.15) is 0 Å². The van der Waals surface area contributed by atoms with E-state index >= 15 is 0 Å². The number of rotatable bonds is 4. The van der Waals surface area contributed by atoms with E-state index in [-0.39, 0.29) is 11.1 Å². The van der Waals surface area contributed by atoms with Gasteiger partial charge < -0.3 is 10.9 Å². The zero-order chi connectivity index (χ0) is 11.3. The number of oxime groups is 1. The minimum Gasteiger partial charge on any atom is -0.409 e. The molecule has 0 bridgehead atoms. The Balaban J connectivity index is 2.47. The number of hydrogen-bond acceptors (Lipinski definition) is 3. The van der Waals surface area contributed by atoms with Gasteiger partial charge in [-0.3, -0.25) is 0 Å². The average Bonchev–Trinajstić information content (AvgIpc) is 2.26. The highest BCUT2D eigenvalue weighted by molar-refractivity contribution is 7.99. The Labute approximate surface area is 98.3 Å². The molecular weight excluding hydrogens is 232 g/mol. The number of hydrogen-bond donors (Lipinski definition) is 2. The fraction of sp³-hybridized carbons (Fsp3) is 0.300. The third-order valence-electron chi connectivity index (χ3n) is 1.95. The molecule has 1 rings (SSSR count). The van der Waals surface area contributed by atoms with E-state index in [4.69, 9.17) is 22.5 Å². The van der Waals surface area contributed by atoms with Crippen LogP contribution in [-0.4, -0.2) is 16.3 Å². The monoisotopic (exact) mass is 244 g/mol. The van der Waals surface area contributed by atoms with Crippen LogP contribution in [-0.2, 0) is 5.75 Å². The third kappa shape index (κ3) is 4.01. The molecule has 0 aliphatic heterocycles. The number of benzene rings is 1. The van der Waals surface area contributed by atoms with Crippen LogP contribution >= 0.6 is 23.4 Å². The van der Waals surface area contributed by atoms with Crippen molar-refractivity contribution in [1.82, 2.24) is 0 Å². The molecule has 0 fully saturated rings. The number of nitrogens with two attached hydrogens (primary N) is 1. The molecule has 1 unspecified atom stereocenters. The number of nitrogens with zero attached hydrogens (tertiary/aromatic N) is 1. The number of thioether (sulfide) groups is 1. The van der Waals surface area contributed by atoms with Crippen LogP contribution in [0.2, 0.25) is 5.02 Å². The largest absolute Gasteiger partial charge is 0.409 e. The average molecular weight is 245 g/mol. The Hall–Kier alpha value is -0.870. The Morgan fingerprint density at radius 1 is 1.53 bits per heavy atom. The van der Waals surface area contributed by atoms with Crippen LogP contribution in [0, 0.1) is 0 Å². The molecule has 0 aliphatic carbocycles. The maximum Gasteiger partial charge on any atom is 0.152 e. The molecule has 0 aliphatic rings. The van der Waals surface area contributed by atoms with Crippen LogP contribution in [0.4, 0.5) is 0 Å². The van der Waals surface area contributed by atoms with Crippen molar-refractivity contribution >= 4 is 29.2 Å². The predicted molar refractivity (Wildman–Crippen MR) is 65.6 cm³/mol. The van der Waals surface area contributed by atoms with Crippen molar-refractivity contribution in [3.63, 3.8) is 0 Å². The molecule has 15 heavy (non-hydrogen) atoms. The SMILES string of the molecule is CC(SCc1ccc(Cl)cc1)/C(N)=N/O. The standard InChI is InChI=1S/C10H13ClN2OS/c1-7(10(12)13-14)15-6-8-2-4-9(11)5-3-8/h2-5,7,14H,6H2,1H3,(H2,12,13). The molecule has 3 nitrogen and oxygen atoms in total. The summed E-state index contributed by atoms with van der Waals surface area (Å²) in [5.74, 6) is 1.06. The van der Waals surface area contributed by atoms with E-state index < -0.39 is 0 Å². The van der Waals surface area contributed by atoms with E-state index in [0.717, 1.165) is 10.8 Å². The maximum absolute atomic E-state index is 8.47. The number of amidine groups is 1. The first-order valence-electron chi connectivity index (χ1n) is 4.47. The van der Waals surface area contributed by atoms with Gasteiger partial charge in [-0.15, -0.1) is 11.8 Å². The van der Waals surface area contributed by atoms with Gasteiger partial charge in [0.05, 0.1) is 5.25 Å². The molecule has 0 spiro atoms. The van der Waals surface area contributed by atoms with E-state index in [1.165, 1.54) is 5.56 Å².